The van der Waals surface area contributed by atoms with Crippen molar-refractivity contribution in [2.45, 2.75) is 81.8 Å². The van der Waals surface area contributed by atoms with Crippen LogP contribution in [0.2, 0.25) is 0 Å². The normalized spacial score (nSPS) is 16.0. The van der Waals surface area contributed by atoms with Crippen LogP contribution in [0.5, 0.6) is 0 Å². The number of anilines is 2. The molecule has 6 N–H and O–H groups in total. The maximum Gasteiger partial charge on any atom is 0.416 e. The largest absolute Gasteiger partial charge is 0.444 e. The lowest BCUT2D eigenvalue weighted by atomic mass is 10.00. The number of carbonyl (C=O) groups is 1. The molecule has 2 saturated carbocycles. The summed E-state index contributed by atoms with van der Waals surface area (Å²) in [6.45, 7) is 5.40. The summed E-state index contributed by atoms with van der Waals surface area (Å²) in [6, 6.07) is 69.7. The van der Waals surface area contributed by atoms with Gasteiger partial charge in [-0.25, -0.2) is 28.2 Å². The number of carbonyl (C=O) groups excluding carboxylic acids is 1. The smallest absolute Gasteiger partial charge is 0.416 e. The number of fused-ring (bicyclic) bond motifs is 3. The molecular formula is C80H68F6N8O5S. The molecule has 506 valence electrons. The lowest BCUT2D eigenvalue weighted by Crippen LogP contribution is -2.27. The molecule has 2 aliphatic carbocycles. The van der Waals surface area contributed by atoms with E-state index in [0.29, 0.717) is 11.4 Å². The number of alkyl halides is 6. The molecule has 13 aromatic rings. The number of amides is 1. The molecule has 4 atom stereocenters. The third-order valence-corrected chi connectivity index (χ3v) is 18.1. The van der Waals surface area contributed by atoms with Crippen molar-refractivity contribution >= 4 is 72.7 Å². The minimum atomic E-state index is -4.33. The van der Waals surface area contributed by atoms with Gasteiger partial charge in [-0.3, -0.25) is 10.0 Å². The van der Waals surface area contributed by atoms with E-state index >= 15 is 0 Å². The van der Waals surface area contributed by atoms with E-state index in [4.69, 9.17) is 14.7 Å². The molecule has 2 aliphatic rings. The Hall–Kier alpha value is -11.1. The van der Waals surface area contributed by atoms with Crippen molar-refractivity contribution < 1.29 is 49.4 Å². The average Bonchev–Trinajstić information content (AvgIpc) is 1.61. The third-order valence-electron chi connectivity index (χ3n) is 17.5. The van der Waals surface area contributed by atoms with Gasteiger partial charge in [-0.05, 0) is 180 Å². The number of hydrogen-bond donors (Lipinski definition) is 6. The van der Waals surface area contributed by atoms with Gasteiger partial charge in [-0.1, -0.05) is 164 Å². The summed E-state index contributed by atoms with van der Waals surface area (Å²) in [5.41, 5.74) is 16.0. The van der Waals surface area contributed by atoms with Crippen LogP contribution >= 0.6 is 0 Å². The summed E-state index contributed by atoms with van der Waals surface area (Å²) in [7, 11) is -3.38. The number of rotatable bonds is 14. The molecule has 15 rings (SSSR count). The fourth-order valence-electron chi connectivity index (χ4n) is 12.4. The first kappa shape index (κ1) is 67.5. The third kappa shape index (κ3) is 16.1. The first-order chi connectivity index (χ1) is 47.9. The molecule has 0 saturated heterocycles. The number of sulfonamides is 1. The molecule has 10 aromatic carbocycles. The second-order valence-electron chi connectivity index (χ2n) is 25.9. The fourth-order valence-corrected chi connectivity index (χ4v) is 13.0. The van der Waals surface area contributed by atoms with Crippen molar-refractivity contribution in [1.29, 1.82) is 0 Å². The number of aromatic nitrogens is 6. The summed E-state index contributed by atoms with van der Waals surface area (Å²) in [5, 5.41) is 12.4. The van der Waals surface area contributed by atoms with Crippen molar-refractivity contribution in [3.05, 3.63) is 281 Å². The molecule has 1 amide bonds. The fraction of sp³-hybridized carbons (Fsp3) is 0.175. The maximum atomic E-state index is 12.9. The van der Waals surface area contributed by atoms with E-state index in [1.807, 2.05) is 166 Å². The molecule has 0 aliphatic heterocycles. The van der Waals surface area contributed by atoms with Crippen molar-refractivity contribution in [1.82, 2.24) is 29.9 Å². The predicted molar refractivity (Wildman–Crippen MR) is 383 cm³/mol. The quantitative estimate of drug-likeness (QED) is 0.0580. The first-order valence-corrected chi connectivity index (χ1v) is 34.3. The Bertz CT molecular complexity index is 5260. The summed E-state index contributed by atoms with van der Waals surface area (Å²) in [4.78, 5) is 36.5. The number of ether oxygens (including phenoxy) is 1. The van der Waals surface area contributed by atoms with Gasteiger partial charge in [-0.15, -0.1) is 0 Å². The van der Waals surface area contributed by atoms with Crippen LogP contribution in [0.15, 0.2) is 231 Å². The topological polar surface area (TPSA) is 191 Å². The second kappa shape index (κ2) is 27.7. The van der Waals surface area contributed by atoms with Gasteiger partial charge in [0.15, 0.2) is 0 Å². The van der Waals surface area contributed by atoms with Crippen LogP contribution < -0.4 is 10.0 Å². The highest BCUT2D eigenvalue weighted by Crippen LogP contribution is 2.55. The summed E-state index contributed by atoms with van der Waals surface area (Å²) >= 11 is 0. The Morgan fingerprint density at radius 1 is 0.500 bits per heavy atom. The zero-order valence-electron chi connectivity index (χ0n) is 54.6. The molecule has 3 aromatic heterocycles. The van der Waals surface area contributed by atoms with Gasteiger partial charge in [0.25, 0.3) is 0 Å². The number of benzene rings is 10. The molecule has 0 bridgehead atoms. The van der Waals surface area contributed by atoms with Crippen LogP contribution in [0.25, 0.3) is 89.8 Å². The lowest BCUT2D eigenvalue weighted by Gasteiger charge is -2.20. The maximum absolute atomic E-state index is 12.9. The average molecular weight is 1370 g/mol. The molecule has 100 heavy (non-hydrogen) atoms. The molecule has 13 nitrogen and oxygen atoms in total. The van der Waals surface area contributed by atoms with Crippen LogP contribution in [-0.2, 0) is 33.7 Å². The number of aliphatic hydroxyl groups excluding tert-OH is 1. The summed E-state index contributed by atoms with van der Waals surface area (Å²) < 4.78 is 108. The Kier molecular flexibility index (Phi) is 18.7. The minimum Gasteiger partial charge on any atom is -0.444 e. The molecule has 20 heteroatoms. The molecule has 4 unspecified atom stereocenters. The number of para-hydroxylation sites is 2. The molecule has 0 radical (unpaired) electrons. The Labute approximate surface area is 573 Å². The van der Waals surface area contributed by atoms with Gasteiger partial charge < -0.3 is 24.8 Å². The van der Waals surface area contributed by atoms with Crippen LogP contribution in [-0.4, -0.2) is 61.4 Å². The minimum absolute atomic E-state index is 0.0285. The van der Waals surface area contributed by atoms with Crippen molar-refractivity contribution in [2.75, 3.05) is 16.3 Å². The van der Waals surface area contributed by atoms with E-state index in [0.717, 1.165) is 150 Å². The number of aliphatic hydroxyl groups is 1. The van der Waals surface area contributed by atoms with Crippen LogP contribution in [0, 0.1) is 0 Å². The van der Waals surface area contributed by atoms with Gasteiger partial charge >= 0.3 is 18.4 Å². The van der Waals surface area contributed by atoms with E-state index in [2.05, 4.69) is 66.4 Å². The molecule has 2 fully saturated rings. The van der Waals surface area contributed by atoms with Crippen molar-refractivity contribution in [2.24, 2.45) is 0 Å². The summed E-state index contributed by atoms with van der Waals surface area (Å²) in [6.07, 6.45) is -2.34. The van der Waals surface area contributed by atoms with E-state index < -0.39 is 45.2 Å². The van der Waals surface area contributed by atoms with E-state index in [-0.39, 0.29) is 30.3 Å². The Morgan fingerprint density at radius 3 is 1.43 bits per heavy atom. The summed E-state index contributed by atoms with van der Waals surface area (Å²) in [5.74, 6) is 3.09. The number of aromatic amines is 3. The van der Waals surface area contributed by atoms with Gasteiger partial charge in [0, 0.05) is 23.0 Å². The predicted octanol–water partition coefficient (Wildman–Crippen LogP) is 20.3. The lowest BCUT2D eigenvalue weighted by molar-refractivity contribution is -0.138. The number of nitrogens with zero attached hydrogens (tertiary/aromatic N) is 3. The molecular weight excluding hydrogens is 1300 g/mol. The van der Waals surface area contributed by atoms with Crippen LogP contribution in [0.4, 0.5) is 42.5 Å². The number of nitrogens with one attached hydrogen (secondary N) is 5. The van der Waals surface area contributed by atoms with E-state index in [1.54, 1.807) is 36.4 Å². The van der Waals surface area contributed by atoms with Gasteiger partial charge in [0.2, 0.25) is 10.0 Å². The molecule has 3 heterocycles. The van der Waals surface area contributed by atoms with E-state index in [9.17, 15) is 44.7 Å². The van der Waals surface area contributed by atoms with E-state index in [1.165, 1.54) is 11.1 Å². The van der Waals surface area contributed by atoms with Gasteiger partial charge in [0.05, 0.1) is 68.5 Å². The highest BCUT2D eigenvalue weighted by atomic mass is 32.2. The number of hydrogen-bond acceptors (Lipinski definition) is 8. The molecule has 0 spiro atoms. The Morgan fingerprint density at radius 2 is 0.930 bits per heavy atom. The highest BCUT2D eigenvalue weighted by Gasteiger charge is 2.43. The SMILES string of the molecule is CC(C)(C)OC(=O)Nc1ccccc1-c1ccc2nc(C3CC3c3ccc(C(F)(F)F)cc3)[nH]c2c1.CS(=O)(=O)Nc1ccccc1-c1ccc2nc(/C=C/c3ccc(-c4ccccc4)cc3)[nH]c2c1.OCc1ccccc1-c1ccc2nc(C3CC3c3ccc(C(F)(F)F)cc3)[nH]c2c1. The van der Waals surface area contributed by atoms with Crippen molar-refractivity contribution in [3.8, 4) is 44.5 Å². The highest BCUT2D eigenvalue weighted by molar-refractivity contribution is 7.92. The second-order valence-corrected chi connectivity index (χ2v) is 27.7. The van der Waals surface area contributed by atoms with Crippen molar-refractivity contribution in [3.63, 3.8) is 0 Å². The zero-order chi connectivity index (χ0) is 70.1. The Balaban J connectivity index is 0.000000135. The zero-order valence-corrected chi connectivity index (χ0v) is 55.4. The van der Waals surface area contributed by atoms with Crippen LogP contribution in [0.1, 0.15) is 108 Å². The monoisotopic (exact) mass is 1370 g/mol. The number of halogens is 6. The van der Waals surface area contributed by atoms with Gasteiger partial charge in [0.1, 0.15) is 23.1 Å². The number of H-pyrrole nitrogens is 3. The number of imidazole rings is 3. The standard InChI is InChI=1S/C28H26F3N3O2.C28H23N3O2S.C24H19F3N2O/c1-27(2,3)36-26(35)34-22-7-5-4-6-19(22)17-10-13-23-24(14-17)33-25(32-23)21-15-20(21)16-8-11-18(12-9-16)28(29,30)31;1-34(32,33)31-25-10-6-5-9-24(25)23-16-17-26-27(19-23)30-28(29-26)18-13-20-11-14-22(15-12-20)21-7-3-2-4-8-21;25-24(26,27)17-8-5-14(6-9-17)19-12-20(19)23-28-21-10-7-15(11-22(21)29-23)18-4-2-1-3-16(18)13-30/h4-14,20-21H,15H2,1-3H3,(H,32,33)(H,34,35);2-19,31H,1H3,(H,29,30);1-11,19-20,30H,12-13H2,(H,28,29)/b;18-13+;. The van der Waals surface area contributed by atoms with Gasteiger partial charge in [-0.2, -0.15) is 26.3 Å². The first-order valence-electron chi connectivity index (χ1n) is 32.4. The van der Waals surface area contributed by atoms with Crippen LogP contribution in [0.3, 0.4) is 0 Å².